The van der Waals surface area contributed by atoms with Crippen molar-refractivity contribution in [2.45, 2.75) is 12.8 Å². The molecule has 0 aliphatic rings. The van der Waals surface area contributed by atoms with E-state index in [-0.39, 0.29) is 0 Å². The molecule has 0 saturated carbocycles. The second kappa shape index (κ2) is 6.24. The molecule has 1 rings (SSSR count). The SMILES string of the molecule is Cc1ccc(NC(=O)C(=O)NCC(F)(F)CO)cc1. The molecule has 0 atom stereocenters. The number of rotatable bonds is 4. The van der Waals surface area contributed by atoms with Crippen LogP contribution in [0.3, 0.4) is 0 Å². The van der Waals surface area contributed by atoms with E-state index in [1.807, 2.05) is 6.92 Å². The van der Waals surface area contributed by atoms with Gasteiger partial charge in [0.05, 0.1) is 6.54 Å². The van der Waals surface area contributed by atoms with Gasteiger partial charge in [-0.3, -0.25) is 9.59 Å². The number of hydrogen-bond acceptors (Lipinski definition) is 3. The van der Waals surface area contributed by atoms with Crippen molar-refractivity contribution in [3.8, 4) is 0 Å². The topological polar surface area (TPSA) is 78.4 Å². The molecular formula is C12H14F2N2O3. The van der Waals surface area contributed by atoms with Gasteiger partial charge >= 0.3 is 11.8 Å². The summed E-state index contributed by atoms with van der Waals surface area (Å²) in [5, 5.41) is 12.3. The zero-order valence-corrected chi connectivity index (χ0v) is 10.2. The lowest BCUT2D eigenvalue weighted by atomic mass is 10.2. The Morgan fingerprint density at radius 3 is 2.32 bits per heavy atom. The molecule has 0 spiro atoms. The van der Waals surface area contributed by atoms with Crippen LogP contribution >= 0.6 is 0 Å². The third-order valence-corrected chi connectivity index (χ3v) is 2.25. The van der Waals surface area contributed by atoms with Crippen LogP contribution in [0.2, 0.25) is 0 Å². The third kappa shape index (κ3) is 5.01. The molecule has 0 aliphatic carbocycles. The number of aryl methyl sites for hydroxylation is 1. The van der Waals surface area contributed by atoms with Crippen molar-refractivity contribution in [2.24, 2.45) is 0 Å². The minimum Gasteiger partial charge on any atom is -0.390 e. The zero-order valence-electron chi connectivity index (χ0n) is 10.2. The molecule has 0 saturated heterocycles. The van der Waals surface area contributed by atoms with Crippen LogP contribution in [0.1, 0.15) is 5.56 Å². The lowest BCUT2D eigenvalue weighted by Gasteiger charge is -2.13. The molecule has 0 aliphatic heterocycles. The van der Waals surface area contributed by atoms with Crippen LogP contribution in [0.5, 0.6) is 0 Å². The second-order valence-corrected chi connectivity index (χ2v) is 4.02. The van der Waals surface area contributed by atoms with Crippen LogP contribution in [0, 0.1) is 6.92 Å². The number of amides is 2. The molecule has 19 heavy (non-hydrogen) atoms. The highest BCUT2D eigenvalue weighted by molar-refractivity contribution is 6.39. The lowest BCUT2D eigenvalue weighted by Crippen LogP contribution is -2.43. The predicted octanol–water partition coefficient (Wildman–Crippen LogP) is 0.677. The lowest BCUT2D eigenvalue weighted by molar-refractivity contribution is -0.137. The van der Waals surface area contributed by atoms with Crippen LogP contribution in [0.25, 0.3) is 0 Å². The van der Waals surface area contributed by atoms with Crippen molar-refractivity contribution < 1.29 is 23.5 Å². The molecule has 104 valence electrons. The largest absolute Gasteiger partial charge is 0.390 e. The van der Waals surface area contributed by atoms with E-state index >= 15 is 0 Å². The smallest absolute Gasteiger partial charge is 0.313 e. The van der Waals surface area contributed by atoms with Crippen LogP contribution < -0.4 is 10.6 Å². The van der Waals surface area contributed by atoms with E-state index < -0.39 is 30.9 Å². The minimum atomic E-state index is -3.44. The summed E-state index contributed by atoms with van der Waals surface area (Å²) in [6.07, 6.45) is 0. The van der Waals surface area contributed by atoms with Gasteiger partial charge in [0.2, 0.25) is 0 Å². The Morgan fingerprint density at radius 1 is 1.21 bits per heavy atom. The van der Waals surface area contributed by atoms with E-state index in [9.17, 15) is 18.4 Å². The number of carbonyl (C=O) groups is 2. The molecule has 0 aromatic heterocycles. The number of aliphatic hydroxyl groups is 1. The summed E-state index contributed by atoms with van der Waals surface area (Å²) in [5.41, 5.74) is 1.37. The molecule has 3 N–H and O–H groups in total. The summed E-state index contributed by atoms with van der Waals surface area (Å²) in [6, 6.07) is 6.63. The Bertz CT molecular complexity index is 461. The second-order valence-electron chi connectivity index (χ2n) is 4.02. The standard InChI is InChI=1S/C12H14F2N2O3/c1-8-2-4-9(5-3-8)16-11(19)10(18)15-6-12(13,14)7-17/h2-5,17H,6-7H2,1H3,(H,15,18)(H,16,19). The number of nitrogens with one attached hydrogen (secondary N) is 2. The van der Waals surface area contributed by atoms with E-state index in [2.05, 4.69) is 5.32 Å². The summed E-state index contributed by atoms with van der Waals surface area (Å²) < 4.78 is 25.3. The molecule has 0 fully saturated rings. The Kier molecular flexibility index (Phi) is 4.94. The molecule has 1 aromatic carbocycles. The minimum absolute atomic E-state index is 0.389. The fourth-order valence-corrected chi connectivity index (χ4v) is 1.17. The van der Waals surface area contributed by atoms with Crippen LogP contribution in [0.4, 0.5) is 14.5 Å². The van der Waals surface area contributed by atoms with Crippen LogP contribution in [-0.2, 0) is 9.59 Å². The first-order chi connectivity index (χ1) is 8.84. The van der Waals surface area contributed by atoms with E-state index in [1.165, 1.54) is 0 Å². The van der Waals surface area contributed by atoms with Crippen LogP contribution in [-0.4, -0.2) is 36.0 Å². The Morgan fingerprint density at radius 2 is 1.79 bits per heavy atom. The number of anilines is 1. The zero-order chi connectivity index (χ0) is 14.5. The van der Waals surface area contributed by atoms with Gasteiger partial charge in [0.1, 0.15) is 6.61 Å². The van der Waals surface area contributed by atoms with E-state index in [0.29, 0.717) is 5.69 Å². The Balaban J connectivity index is 2.49. The molecular weight excluding hydrogens is 258 g/mol. The highest BCUT2D eigenvalue weighted by atomic mass is 19.3. The summed E-state index contributed by atoms with van der Waals surface area (Å²) in [6.45, 7) is -0.633. The number of benzene rings is 1. The fraction of sp³-hybridized carbons (Fsp3) is 0.333. The van der Waals surface area contributed by atoms with Gasteiger partial charge in [0.25, 0.3) is 5.92 Å². The molecule has 1 aromatic rings. The molecule has 0 radical (unpaired) electrons. The number of aliphatic hydroxyl groups excluding tert-OH is 1. The number of hydrogen-bond donors (Lipinski definition) is 3. The number of carbonyl (C=O) groups excluding carboxylic acids is 2. The monoisotopic (exact) mass is 272 g/mol. The summed E-state index contributed by atoms with van der Waals surface area (Å²) in [4.78, 5) is 22.6. The van der Waals surface area contributed by atoms with Gasteiger partial charge in [-0.25, -0.2) is 8.78 Å². The van der Waals surface area contributed by atoms with Crippen molar-refractivity contribution >= 4 is 17.5 Å². The summed E-state index contributed by atoms with van der Waals surface area (Å²) in [7, 11) is 0. The highest BCUT2D eigenvalue weighted by Gasteiger charge is 2.29. The number of alkyl halides is 2. The Labute approximate surface area is 108 Å². The van der Waals surface area contributed by atoms with Gasteiger partial charge in [-0.05, 0) is 19.1 Å². The first-order valence-corrected chi connectivity index (χ1v) is 5.48. The quantitative estimate of drug-likeness (QED) is 0.705. The average molecular weight is 272 g/mol. The molecule has 7 heteroatoms. The van der Waals surface area contributed by atoms with Gasteiger partial charge < -0.3 is 15.7 Å². The van der Waals surface area contributed by atoms with E-state index in [4.69, 9.17) is 5.11 Å². The van der Waals surface area contributed by atoms with Crippen molar-refractivity contribution in [3.05, 3.63) is 29.8 Å². The van der Waals surface area contributed by atoms with Gasteiger partial charge in [-0.2, -0.15) is 0 Å². The summed E-state index contributed by atoms with van der Waals surface area (Å²) in [5.74, 6) is -5.67. The van der Waals surface area contributed by atoms with Gasteiger partial charge in [-0.1, -0.05) is 17.7 Å². The third-order valence-electron chi connectivity index (χ3n) is 2.25. The molecule has 0 heterocycles. The molecule has 2 amide bonds. The fourth-order valence-electron chi connectivity index (χ4n) is 1.17. The van der Waals surface area contributed by atoms with Crippen molar-refractivity contribution in [2.75, 3.05) is 18.5 Å². The molecule has 0 unspecified atom stereocenters. The highest BCUT2D eigenvalue weighted by Crippen LogP contribution is 2.10. The van der Waals surface area contributed by atoms with Gasteiger partial charge in [0, 0.05) is 5.69 Å². The Hall–Kier alpha value is -2.02. The molecule has 5 nitrogen and oxygen atoms in total. The average Bonchev–Trinajstić information content (AvgIpc) is 2.38. The van der Waals surface area contributed by atoms with Crippen LogP contribution in [0.15, 0.2) is 24.3 Å². The van der Waals surface area contributed by atoms with Crippen molar-refractivity contribution in [1.82, 2.24) is 5.32 Å². The predicted molar refractivity (Wildman–Crippen MR) is 64.9 cm³/mol. The van der Waals surface area contributed by atoms with Gasteiger partial charge in [0.15, 0.2) is 0 Å². The first kappa shape index (κ1) is 15.0. The van der Waals surface area contributed by atoms with E-state index in [0.717, 1.165) is 5.56 Å². The molecule has 0 bridgehead atoms. The van der Waals surface area contributed by atoms with Gasteiger partial charge in [-0.15, -0.1) is 0 Å². The normalized spacial score (nSPS) is 10.9. The van der Waals surface area contributed by atoms with E-state index in [1.54, 1.807) is 29.6 Å². The maximum atomic E-state index is 12.7. The summed E-state index contributed by atoms with van der Waals surface area (Å²) >= 11 is 0. The maximum absolute atomic E-state index is 12.7. The maximum Gasteiger partial charge on any atom is 0.313 e. The van der Waals surface area contributed by atoms with Crippen molar-refractivity contribution in [1.29, 1.82) is 0 Å². The first-order valence-electron chi connectivity index (χ1n) is 5.48. The van der Waals surface area contributed by atoms with Crippen molar-refractivity contribution in [3.63, 3.8) is 0 Å². The number of halogens is 2.